The molecule has 10 nitrogen and oxygen atoms in total. The fraction of sp³-hybridized carbons (Fsp3) is 0.636. The average molecular weight is 537 g/mol. The van der Waals surface area contributed by atoms with Crippen molar-refractivity contribution < 1.29 is 40.7 Å². The Kier molecular flexibility index (Phi) is 8.72. The number of methoxy groups -OCH3 is 1. The molecule has 2 amide bonds. The average Bonchev–Trinajstić information content (AvgIpc) is 3.41. The van der Waals surface area contributed by atoms with Gasteiger partial charge in [-0.3, -0.25) is 10.2 Å². The summed E-state index contributed by atoms with van der Waals surface area (Å²) in [5, 5.41) is 4.62. The maximum absolute atomic E-state index is 12.6. The van der Waals surface area contributed by atoms with Gasteiger partial charge in [0.2, 0.25) is 5.91 Å². The number of benzene rings is 1. The lowest BCUT2D eigenvalue weighted by Gasteiger charge is -2.20. The van der Waals surface area contributed by atoms with Crippen LogP contribution in [-0.2, 0) is 25.8 Å². The quantitative estimate of drug-likeness (QED) is 0.395. The molecule has 202 valence electrons. The van der Waals surface area contributed by atoms with E-state index in [9.17, 15) is 31.2 Å². The van der Waals surface area contributed by atoms with Crippen LogP contribution in [-0.4, -0.2) is 64.3 Å². The van der Waals surface area contributed by atoms with Crippen molar-refractivity contribution in [2.75, 3.05) is 13.4 Å². The number of ether oxygens (including phenoxy) is 2. The molecule has 0 radical (unpaired) electrons. The van der Waals surface area contributed by atoms with Crippen molar-refractivity contribution >= 4 is 21.8 Å². The highest BCUT2D eigenvalue weighted by Gasteiger charge is 2.40. The van der Waals surface area contributed by atoms with Crippen LogP contribution in [0, 0.1) is 5.92 Å². The molecular formula is C22H31F3N4O6S. The van der Waals surface area contributed by atoms with Crippen LogP contribution in [0.25, 0.3) is 0 Å². The van der Waals surface area contributed by atoms with Gasteiger partial charge in [0.05, 0.1) is 24.6 Å². The first-order valence-corrected chi connectivity index (χ1v) is 13.4. The number of sulfone groups is 1. The summed E-state index contributed by atoms with van der Waals surface area (Å²) in [7, 11) is -2.09. The number of hydrogen-bond acceptors (Lipinski definition) is 8. The first kappa shape index (κ1) is 28.0. The van der Waals surface area contributed by atoms with Gasteiger partial charge in [-0.25, -0.2) is 18.6 Å². The number of hydrazine groups is 1. The number of alkyl carbamates (subject to hydrolysis) is 1. The van der Waals surface area contributed by atoms with E-state index in [0.29, 0.717) is 37.0 Å². The summed E-state index contributed by atoms with van der Waals surface area (Å²) in [6, 6.07) is 2.39. The largest absolute Gasteiger partial charge is 0.497 e. The van der Waals surface area contributed by atoms with Crippen molar-refractivity contribution in [2.24, 2.45) is 5.92 Å². The fourth-order valence-corrected chi connectivity index (χ4v) is 5.40. The van der Waals surface area contributed by atoms with E-state index in [0.717, 1.165) is 13.2 Å². The van der Waals surface area contributed by atoms with Gasteiger partial charge in [0.25, 0.3) is 0 Å². The Balaban J connectivity index is 1.48. The number of carbonyl (C=O) groups is 2. The second kappa shape index (κ2) is 11.2. The Bertz CT molecular complexity index is 1070. The number of alkyl halides is 3. The molecule has 36 heavy (non-hydrogen) atoms. The molecule has 1 aliphatic carbocycles. The van der Waals surface area contributed by atoms with Crippen LogP contribution in [0.3, 0.4) is 0 Å². The highest BCUT2D eigenvalue weighted by atomic mass is 32.2. The molecule has 1 saturated carbocycles. The Morgan fingerprint density at radius 3 is 2.56 bits per heavy atom. The summed E-state index contributed by atoms with van der Waals surface area (Å²) in [6.45, 7) is 0.845. The predicted molar refractivity (Wildman–Crippen MR) is 123 cm³/mol. The third kappa shape index (κ3) is 7.46. The molecule has 2 fully saturated rings. The van der Waals surface area contributed by atoms with Crippen LogP contribution in [0.1, 0.15) is 38.2 Å². The molecule has 4 N–H and O–H groups in total. The van der Waals surface area contributed by atoms with Gasteiger partial charge in [0.15, 0.2) is 9.84 Å². The zero-order chi connectivity index (χ0) is 26.7. The van der Waals surface area contributed by atoms with Gasteiger partial charge in [-0.1, -0.05) is 0 Å². The maximum Gasteiger partial charge on any atom is 0.408 e. The van der Waals surface area contributed by atoms with Gasteiger partial charge < -0.3 is 20.1 Å². The van der Waals surface area contributed by atoms with E-state index in [4.69, 9.17) is 9.47 Å². The van der Waals surface area contributed by atoms with Gasteiger partial charge in [0.1, 0.15) is 17.9 Å². The van der Waals surface area contributed by atoms with E-state index in [1.807, 2.05) is 0 Å². The Labute approximate surface area is 207 Å². The molecule has 0 spiro atoms. The minimum Gasteiger partial charge on any atom is -0.497 e. The standard InChI is InChI=1S/C22H31F3N4O6S/c1-12(22(23,24)25)26-21(31)35-16-5-4-13(8-16)17-11-19(29-28-17)27-20(30)10-14-9-15(34-2)6-7-18(14)36(3,32)33/h6-7,9,12-13,16-17,19,28-29H,4-5,8,10-11H2,1-3H3,(H,26,31)(H,27,30)/t12?,13-,16+,17?,19?/m0/s1. The van der Waals surface area contributed by atoms with Crippen LogP contribution in [0.4, 0.5) is 18.0 Å². The van der Waals surface area contributed by atoms with E-state index in [2.05, 4.69) is 16.2 Å². The summed E-state index contributed by atoms with van der Waals surface area (Å²) in [6.07, 6.45) is -3.40. The van der Waals surface area contributed by atoms with Crippen molar-refractivity contribution in [3.8, 4) is 5.75 Å². The first-order valence-electron chi connectivity index (χ1n) is 11.5. The van der Waals surface area contributed by atoms with Gasteiger partial charge in [-0.15, -0.1) is 0 Å². The molecular weight excluding hydrogens is 505 g/mol. The molecule has 1 aliphatic heterocycles. The molecule has 14 heteroatoms. The summed E-state index contributed by atoms with van der Waals surface area (Å²) >= 11 is 0. The smallest absolute Gasteiger partial charge is 0.408 e. The zero-order valence-corrected chi connectivity index (χ0v) is 21.0. The third-order valence-electron chi connectivity index (χ3n) is 6.38. The number of carbonyl (C=O) groups excluding carboxylic acids is 2. The van der Waals surface area contributed by atoms with Gasteiger partial charge in [-0.2, -0.15) is 13.2 Å². The number of hydrogen-bond donors (Lipinski definition) is 4. The molecule has 1 aromatic carbocycles. The highest BCUT2D eigenvalue weighted by Crippen LogP contribution is 2.33. The van der Waals surface area contributed by atoms with E-state index in [1.54, 1.807) is 5.32 Å². The number of nitrogens with one attached hydrogen (secondary N) is 4. The first-order chi connectivity index (χ1) is 16.8. The summed E-state index contributed by atoms with van der Waals surface area (Å²) in [5.74, 6) is 0.147. The van der Waals surface area contributed by atoms with Crippen molar-refractivity contribution in [3.63, 3.8) is 0 Å². The topological polar surface area (TPSA) is 135 Å². The Morgan fingerprint density at radius 2 is 1.92 bits per heavy atom. The molecule has 5 atom stereocenters. The van der Waals surface area contributed by atoms with Crippen molar-refractivity contribution in [3.05, 3.63) is 23.8 Å². The molecule has 3 rings (SSSR count). The van der Waals surface area contributed by atoms with E-state index < -0.39 is 40.4 Å². The summed E-state index contributed by atoms with van der Waals surface area (Å²) in [5.41, 5.74) is 6.43. The molecule has 1 saturated heterocycles. The number of amides is 2. The molecule has 0 bridgehead atoms. The van der Waals surface area contributed by atoms with Crippen molar-refractivity contribution in [2.45, 2.75) is 74.5 Å². The van der Waals surface area contributed by atoms with E-state index in [1.165, 1.54) is 25.3 Å². The highest BCUT2D eigenvalue weighted by molar-refractivity contribution is 7.90. The van der Waals surface area contributed by atoms with Crippen molar-refractivity contribution in [1.29, 1.82) is 0 Å². The van der Waals surface area contributed by atoms with E-state index in [-0.39, 0.29) is 29.2 Å². The van der Waals surface area contributed by atoms with Crippen LogP contribution in [0.5, 0.6) is 5.75 Å². The van der Waals surface area contributed by atoms with Crippen LogP contribution < -0.4 is 26.2 Å². The predicted octanol–water partition coefficient (Wildman–Crippen LogP) is 1.80. The Morgan fingerprint density at radius 1 is 1.19 bits per heavy atom. The maximum atomic E-state index is 12.6. The summed E-state index contributed by atoms with van der Waals surface area (Å²) in [4.78, 5) is 24.5. The van der Waals surface area contributed by atoms with Gasteiger partial charge in [0, 0.05) is 12.3 Å². The molecule has 0 aromatic heterocycles. The Hall–Kier alpha value is -2.58. The second-order valence-electron chi connectivity index (χ2n) is 9.18. The lowest BCUT2D eigenvalue weighted by Crippen LogP contribution is -2.45. The fourth-order valence-electron chi connectivity index (χ4n) is 4.48. The molecule has 1 aromatic rings. The lowest BCUT2D eigenvalue weighted by molar-refractivity contribution is -0.150. The minimum atomic E-state index is -4.55. The molecule has 2 aliphatic rings. The molecule has 3 unspecified atom stereocenters. The number of rotatable bonds is 8. The van der Waals surface area contributed by atoms with Crippen molar-refractivity contribution in [1.82, 2.24) is 21.5 Å². The zero-order valence-electron chi connectivity index (χ0n) is 20.1. The lowest BCUT2D eigenvalue weighted by atomic mass is 9.96. The molecule has 1 heterocycles. The van der Waals surface area contributed by atoms with Gasteiger partial charge >= 0.3 is 12.3 Å². The number of halogens is 3. The summed E-state index contributed by atoms with van der Waals surface area (Å²) < 4.78 is 72.2. The SMILES string of the molecule is COc1ccc(S(C)(=O)=O)c(CC(=O)NC2CC([C@H]3CC[C@@H](OC(=O)NC(C)C(F)(F)F)C3)NN2)c1. The minimum absolute atomic E-state index is 0.0514. The van der Waals surface area contributed by atoms with Crippen LogP contribution in [0.2, 0.25) is 0 Å². The van der Waals surface area contributed by atoms with Crippen LogP contribution in [0.15, 0.2) is 23.1 Å². The van der Waals surface area contributed by atoms with Crippen LogP contribution >= 0.6 is 0 Å². The van der Waals surface area contributed by atoms with E-state index >= 15 is 0 Å². The third-order valence-corrected chi connectivity index (χ3v) is 7.58. The second-order valence-corrected chi connectivity index (χ2v) is 11.2. The van der Waals surface area contributed by atoms with Gasteiger partial charge in [-0.05, 0) is 62.3 Å². The normalized spacial score (nSPS) is 25.3. The monoisotopic (exact) mass is 536 g/mol.